The first-order valence-corrected chi connectivity index (χ1v) is 8.49. The van der Waals surface area contributed by atoms with Gasteiger partial charge >= 0.3 is 0 Å². The van der Waals surface area contributed by atoms with Gasteiger partial charge in [-0.2, -0.15) is 0 Å². The third-order valence-corrected chi connectivity index (χ3v) is 4.07. The van der Waals surface area contributed by atoms with Gasteiger partial charge in [0.15, 0.2) is 0 Å². The Morgan fingerprint density at radius 3 is 1.96 bits per heavy atom. The summed E-state index contributed by atoms with van der Waals surface area (Å²) in [4.78, 5) is 0. The van der Waals surface area contributed by atoms with Gasteiger partial charge < -0.3 is 15.4 Å². The molecule has 0 aliphatic heterocycles. The van der Waals surface area contributed by atoms with E-state index in [2.05, 4.69) is 72.2 Å². The summed E-state index contributed by atoms with van der Waals surface area (Å²) >= 11 is 0. The molecule has 128 valence electrons. The number of rotatable bonds is 7. The largest absolute Gasteiger partial charge is 0.497 e. The first kappa shape index (κ1) is 16.9. The maximum atomic E-state index is 5.27. The number of nitrogens with one attached hydrogen (secondary N) is 2. The molecule has 3 nitrogen and oxygen atoms in total. The van der Waals surface area contributed by atoms with Gasteiger partial charge in [0.25, 0.3) is 0 Å². The van der Waals surface area contributed by atoms with Gasteiger partial charge in [0, 0.05) is 24.5 Å². The van der Waals surface area contributed by atoms with Crippen molar-refractivity contribution >= 4 is 11.4 Å². The third kappa shape index (κ3) is 5.01. The third-order valence-electron chi connectivity index (χ3n) is 4.07. The Morgan fingerprint density at radius 2 is 1.32 bits per heavy atom. The SMILES string of the molecule is COc1cccc(CNc2cccc(NCc3cccc(C)c3)c2)c1. The van der Waals surface area contributed by atoms with E-state index >= 15 is 0 Å². The zero-order chi connectivity index (χ0) is 17.5. The first-order valence-electron chi connectivity index (χ1n) is 8.49. The number of methoxy groups -OCH3 is 1. The Balaban J connectivity index is 1.59. The predicted molar refractivity (Wildman–Crippen MR) is 105 cm³/mol. The van der Waals surface area contributed by atoms with E-state index in [4.69, 9.17) is 4.74 Å². The molecule has 3 heteroatoms. The molecule has 2 N–H and O–H groups in total. The van der Waals surface area contributed by atoms with Gasteiger partial charge in [0.05, 0.1) is 7.11 Å². The number of anilines is 2. The Labute approximate surface area is 149 Å². The van der Waals surface area contributed by atoms with Gasteiger partial charge in [-0.25, -0.2) is 0 Å². The van der Waals surface area contributed by atoms with Crippen LogP contribution >= 0.6 is 0 Å². The van der Waals surface area contributed by atoms with Crippen molar-refractivity contribution in [3.63, 3.8) is 0 Å². The fourth-order valence-electron chi connectivity index (χ4n) is 2.75. The Hall–Kier alpha value is -2.94. The molecule has 3 aromatic rings. The van der Waals surface area contributed by atoms with E-state index < -0.39 is 0 Å². The summed E-state index contributed by atoms with van der Waals surface area (Å²) in [5, 5.41) is 6.95. The average Bonchev–Trinajstić information content (AvgIpc) is 2.65. The molecule has 0 spiro atoms. The van der Waals surface area contributed by atoms with Crippen LogP contribution in [0.4, 0.5) is 11.4 Å². The standard InChI is InChI=1S/C22H24N2O/c1-17-6-3-7-18(12-17)15-23-20-9-5-10-21(14-20)24-16-19-8-4-11-22(13-19)25-2/h3-14,23-24H,15-16H2,1-2H3. The van der Waals surface area contributed by atoms with Gasteiger partial charge in [0.2, 0.25) is 0 Å². The molecule has 0 saturated heterocycles. The van der Waals surface area contributed by atoms with Crippen LogP contribution in [0.15, 0.2) is 72.8 Å². The molecule has 3 rings (SSSR count). The minimum absolute atomic E-state index is 0.762. The number of hydrogen-bond acceptors (Lipinski definition) is 3. The fraction of sp³-hybridized carbons (Fsp3) is 0.182. The molecule has 0 fully saturated rings. The molecule has 0 aliphatic carbocycles. The van der Waals surface area contributed by atoms with Crippen LogP contribution in [0.1, 0.15) is 16.7 Å². The number of benzene rings is 3. The lowest BCUT2D eigenvalue weighted by molar-refractivity contribution is 0.414. The summed E-state index contributed by atoms with van der Waals surface area (Å²) < 4.78 is 5.27. The maximum Gasteiger partial charge on any atom is 0.119 e. The average molecular weight is 332 g/mol. The molecule has 0 radical (unpaired) electrons. The summed E-state index contributed by atoms with van der Waals surface area (Å²) in [5.74, 6) is 0.882. The molecule has 0 bridgehead atoms. The fourth-order valence-corrected chi connectivity index (χ4v) is 2.75. The summed E-state index contributed by atoms with van der Waals surface area (Å²) in [6.07, 6.45) is 0. The van der Waals surface area contributed by atoms with Gasteiger partial charge in [-0.05, 0) is 48.4 Å². The van der Waals surface area contributed by atoms with Crippen LogP contribution in [-0.4, -0.2) is 7.11 Å². The minimum Gasteiger partial charge on any atom is -0.497 e. The van der Waals surface area contributed by atoms with Crippen molar-refractivity contribution in [1.29, 1.82) is 0 Å². The lowest BCUT2D eigenvalue weighted by Crippen LogP contribution is -2.02. The second kappa shape index (κ2) is 8.25. The normalized spacial score (nSPS) is 10.3. The summed E-state index contributed by atoms with van der Waals surface area (Å²) in [5.41, 5.74) is 5.97. The molecule has 0 saturated carbocycles. The van der Waals surface area contributed by atoms with E-state index in [-0.39, 0.29) is 0 Å². The Morgan fingerprint density at radius 1 is 0.720 bits per heavy atom. The van der Waals surface area contributed by atoms with Crippen LogP contribution in [0.25, 0.3) is 0 Å². The highest BCUT2D eigenvalue weighted by molar-refractivity contribution is 5.57. The molecule has 0 atom stereocenters. The van der Waals surface area contributed by atoms with Crippen molar-refractivity contribution in [2.24, 2.45) is 0 Å². The highest BCUT2D eigenvalue weighted by Crippen LogP contribution is 2.18. The van der Waals surface area contributed by atoms with Gasteiger partial charge in [-0.3, -0.25) is 0 Å². The lowest BCUT2D eigenvalue weighted by Gasteiger charge is -2.11. The summed E-state index contributed by atoms with van der Waals surface area (Å²) in [7, 11) is 1.69. The Bertz CT molecular complexity index is 830. The smallest absolute Gasteiger partial charge is 0.119 e. The Kier molecular flexibility index (Phi) is 5.57. The van der Waals surface area contributed by atoms with Gasteiger partial charge in [0.1, 0.15) is 5.75 Å². The van der Waals surface area contributed by atoms with Crippen LogP contribution < -0.4 is 15.4 Å². The van der Waals surface area contributed by atoms with Crippen molar-refractivity contribution < 1.29 is 4.74 Å². The molecule has 0 aromatic heterocycles. The van der Waals surface area contributed by atoms with Crippen LogP contribution in [0, 0.1) is 6.92 Å². The zero-order valence-electron chi connectivity index (χ0n) is 14.8. The number of hydrogen-bond donors (Lipinski definition) is 2. The summed E-state index contributed by atoms with van der Waals surface area (Å²) in [6.45, 7) is 3.70. The topological polar surface area (TPSA) is 33.3 Å². The summed E-state index contributed by atoms with van der Waals surface area (Å²) in [6, 6.07) is 25.0. The molecule has 0 amide bonds. The molecule has 25 heavy (non-hydrogen) atoms. The molecule has 0 heterocycles. The highest BCUT2D eigenvalue weighted by Gasteiger charge is 1.99. The van der Waals surface area contributed by atoms with Crippen LogP contribution in [0.2, 0.25) is 0 Å². The van der Waals surface area contributed by atoms with Gasteiger partial charge in [-0.1, -0.05) is 48.0 Å². The molecule has 0 aliphatic rings. The number of ether oxygens (including phenoxy) is 1. The molecule has 3 aromatic carbocycles. The van der Waals surface area contributed by atoms with Crippen molar-refractivity contribution in [1.82, 2.24) is 0 Å². The van der Waals surface area contributed by atoms with Crippen molar-refractivity contribution in [2.75, 3.05) is 17.7 Å². The highest BCUT2D eigenvalue weighted by atomic mass is 16.5. The zero-order valence-corrected chi connectivity index (χ0v) is 14.8. The van der Waals surface area contributed by atoms with E-state index in [9.17, 15) is 0 Å². The van der Waals surface area contributed by atoms with Crippen LogP contribution in [-0.2, 0) is 13.1 Å². The molecular formula is C22H24N2O. The van der Waals surface area contributed by atoms with E-state index in [1.807, 2.05) is 18.2 Å². The minimum atomic E-state index is 0.762. The quantitative estimate of drug-likeness (QED) is 0.622. The second-order valence-corrected chi connectivity index (χ2v) is 6.13. The van der Waals surface area contributed by atoms with E-state index in [0.717, 1.165) is 30.2 Å². The second-order valence-electron chi connectivity index (χ2n) is 6.13. The predicted octanol–water partition coefficient (Wildman–Crippen LogP) is 5.23. The van der Waals surface area contributed by atoms with E-state index in [0.29, 0.717) is 0 Å². The van der Waals surface area contributed by atoms with Crippen molar-refractivity contribution in [3.05, 3.63) is 89.5 Å². The van der Waals surface area contributed by atoms with E-state index in [1.54, 1.807) is 7.11 Å². The monoisotopic (exact) mass is 332 g/mol. The number of aryl methyl sites for hydroxylation is 1. The molecule has 0 unspecified atom stereocenters. The van der Waals surface area contributed by atoms with E-state index in [1.165, 1.54) is 16.7 Å². The van der Waals surface area contributed by atoms with Crippen LogP contribution in [0.5, 0.6) is 5.75 Å². The first-order chi connectivity index (χ1) is 12.2. The van der Waals surface area contributed by atoms with Gasteiger partial charge in [-0.15, -0.1) is 0 Å². The lowest BCUT2D eigenvalue weighted by atomic mass is 10.1. The van der Waals surface area contributed by atoms with Crippen LogP contribution in [0.3, 0.4) is 0 Å². The maximum absolute atomic E-state index is 5.27. The van der Waals surface area contributed by atoms with Crippen molar-refractivity contribution in [3.8, 4) is 5.75 Å². The molecular weight excluding hydrogens is 308 g/mol. The van der Waals surface area contributed by atoms with Crippen molar-refractivity contribution in [2.45, 2.75) is 20.0 Å².